The van der Waals surface area contributed by atoms with Gasteiger partial charge in [0.1, 0.15) is 6.54 Å². The predicted molar refractivity (Wildman–Crippen MR) is 37.7 cm³/mol. The van der Waals surface area contributed by atoms with Gasteiger partial charge >= 0.3 is 6.18 Å². The average molecular weight is 193 g/mol. The fraction of sp³-hybridized carbons (Fsp3) is 0.333. The first-order valence-electron chi connectivity index (χ1n) is 3.28. The van der Waals surface area contributed by atoms with E-state index >= 15 is 0 Å². The summed E-state index contributed by atoms with van der Waals surface area (Å²) >= 11 is 0. The summed E-state index contributed by atoms with van der Waals surface area (Å²) in [6, 6.07) is 0. The molecule has 0 bridgehead atoms. The minimum atomic E-state index is -4.29. The molecule has 1 rings (SSSR count). The van der Waals surface area contributed by atoms with Crippen molar-refractivity contribution < 1.29 is 18.4 Å². The SMILES string of the molecule is O/N=C/c1cnn(CC(F)(F)F)c1. The van der Waals surface area contributed by atoms with Crippen molar-refractivity contribution in [2.45, 2.75) is 12.7 Å². The molecule has 0 spiro atoms. The van der Waals surface area contributed by atoms with Crippen LogP contribution in [0.2, 0.25) is 0 Å². The standard InChI is InChI=1S/C6H6F3N3O/c7-6(8,9)4-12-3-5(1-10-12)2-11-13/h1-3,13H,4H2/b11-2+. The van der Waals surface area contributed by atoms with E-state index in [9.17, 15) is 13.2 Å². The normalized spacial score (nSPS) is 12.5. The Bertz CT molecular complexity index is 304. The molecule has 0 atom stereocenters. The summed E-state index contributed by atoms with van der Waals surface area (Å²) in [6.07, 6.45) is -0.988. The van der Waals surface area contributed by atoms with E-state index in [1.54, 1.807) is 0 Å². The first-order chi connectivity index (χ1) is 6.01. The molecule has 0 aliphatic heterocycles. The molecule has 0 fully saturated rings. The molecular formula is C6H6F3N3O. The number of rotatable bonds is 2. The van der Waals surface area contributed by atoms with Gasteiger partial charge in [-0.05, 0) is 0 Å². The smallest absolute Gasteiger partial charge is 0.408 e. The molecule has 4 nitrogen and oxygen atoms in total. The molecule has 0 radical (unpaired) electrons. The van der Waals surface area contributed by atoms with Gasteiger partial charge in [-0.2, -0.15) is 18.3 Å². The number of nitrogens with zero attached hydrogens (tertiary/aromatic N) is 3. The number of alkyl halides is 3. The molecule has 0 saturated carbocycles. The summed E-state index contributed by atoms with van der Waals surface area (Å²) in [5, 5.41) is 14.1. The van der Waals surface area contributed by atoms with Crippen LogP contribution in [0.15, 0.2) is 17.5 Å². The third-order valence-electron chi connectivity index (χ3n) is 1.20. The highest BCUT2D eigenvalue weighted by molar-refractivity contribution is 5.77. The van der Waals surface area contributed by atoms with Crippen molar-refractivity contribution in [3.63, 3.8) is 0 Å². The van der Waals surface area contributed by atoms with Crippen LogP contribution in [-0.4, -0.2) is 27.4 Å². The highest BCUT2D eigenvalue weighted by Gasteiger charge is 2.28. The number of aromatic nitrogens is 2. The molecule has 1 heterocycles. The van der Waals surface area contributed by atoms with Crippen molar-refractivity contribution in [1.82, 2.24) is 9.78 Å². The van der Waals surface area contributed by atoms with Gasteiger partial charge in [-0.25, -0.2) is 0 Å². The summed E-state index contributed by atoms with van der Waals surface area (Å²) in [5.74, 6) is 0. The lowest BCUT2D eigenvalue weighted by Crippen LogP contribution is -2.17. The van der Waals surface area contributed by atoms with E-state index in [0.717, 1.165) is 17.1 Å². The lowest BCUT2D eigenvalue weighted by Gasteiger charge is -2.04. The van der Waals surface area contributed by atoms with Crippen LogP contribution >= 0.6 is 0 Å². The van der Waals surface area contributed by atoms with Gasteiger partial charge in [-0.15, -0.1) is 0 Å². The summed E-state index contributed by atoms with van der Waals surface area (Å²) in [5.41, 5.74) is 0.312. The fourth-order valence-corrected chi connectivity index (χ4v) is 0.783. The Hall–Kier alpha value is -1.53. The molecule has 0 aliphatic carbocycles. The van der Waals surface area contributed by atoms with E-state index < -0.39 is 12.7 Å². The minimum Gasteiger partial charge on any atom is -0.411 e. The number of halogens is 3. The molecular weight excluding hydrogens is 187 g/mol. The Kier molecular flexibility index (Phi) is 2.54. The second kappa shape index (κ2) is 3.46. The van der Waals surface area contributed by atoms with Crippen molar-refractivity contribution in [1.29, 1.82) is 0 Å². The van der Waals surface area contributed by atoms with E-state index in [2.05, 4.69) is 10.3 Å². The summed E-state index contributed by atoms with van der Waals surface area (Å²) in [7, 11) is 0. The second-order valence-electron chi connectivity index (χ2n) is 2.33. The van der Waals surface area contributed by atoms with E-state index in [1.807, 2.05) is 0 Å². The molecule has 0 amide bonds. The lowest BCUT2D eigenvalue weighted by atomic mass is 10.4. The highest BCUT2D eigenvalue weighted by Crippen LogP contribution is 2.16. The zero-order chi connectivity index (χ0) is 9.90. The van der Waals surface area contributed by atoms with Gasteiger partial charge in [-0.3, -0.25) is 4.68 Å². The quantitative estimate of drug-likeness (QED) is 0.436. The molecule has 1 aromatic heterocycles. The highest BCUT2D eigenvalue weighted by atomic mass is 19.4. The third kappa shape index (κ3) is 3.14. The topological polar surface area (TPSA) is 50.4 Å². The first-order valence-corrected chi connectivity index (χ1v) is 3.28. The van der Waals surface area contributed by atoms with Crippen LogP contribution in [0.3, 0.4) is 0 Å². The Balaban J connectivity index is 2.69. The third-order valence-corrected chi connectivity index (χ3v) is 1.20. The van der Waals surface area contributed by atoms with Gasteiger partial charge in [0.2, 0.25) is 0 Å². The molecule has 1 N–H and O–H groups in total. The maximum atomic E-state index is 11.8. The molecule has 1 aromatic rings. The molecule has 7 heteroatoms. The Labute approximate surface area is 71.3 Å². The number of oxime groups is 1. The van der Waals surface area contributed by atoms with Crippen LogP contribution in [0.4, 0.5) is 13.2 Å². The first kappa shape index (κ1) is 9.56. The van der Waals surface area contributed by atoms with E-state index in [4.69, 9.17) is 5.21 Å². The van der Waals surface area contributed by atoms with Crippen LogP contribution in [0.1, 0.15) is 5.56 Å². The largest absolute Gasteiger partial charge is 0.411 e. The van der Waals surface area contributed by atoms with Crippen molar-refractivity contribution in [2.75, 3.05) is 0 Å². The van der Waals surface area contributed by atoms with Gasteiger partial charge in [0.25, 0.3) is 0 Å². The summed E-state index contributed by atoms with van der Waals surface area (Å²) < 4.78 is 36.1. The van der Waals surface area contributed by atoms with Crippen LogP contribution < -0.4 is 0 Å². The zero-order valence-corrected chi connectivity index (χ0v) is 6.36. The molecule has 0 unspecified atom stereocenters. The Morgan fingerprint density at radius 1 is 1.62 bits per heavy atom. The van der Waals surface area contributed by atoms with Crippen molar-refractivity contribution in [3.8, 4) is 0 Å². The average Bonchev–Trinajstić information content (AvgIpc) is 2.33. The molecule has 0 saturated heterocycles. The minimum absolute atomic E-state index is 0.312. The van der Waals surface area contributed by atoms with Gasteiger partial charge in [-0.1, -0.05) is 5.16 Å². The second-order valence-corrected chi connectivity index (χ2v) is 2.33. The van der Waals surface area contributed by atoms with E-state index in [-0.39, 0.29) is 0 Å². The van der Waals surface area contributed by atoms with Gasteiger partial charge < -0.3 is 5.21 Å². The maximum Gasteiger partial charge on any atom is 0.408 e. The lowest BCUT2D eigenvalue weighted by molar-refractivity contribution is -0.142. The van der Waals surface area contributed by atoms with Crippen LogP contribution in [0.25, 0.3) is 0 Å². The monoisotopic (exact) mass is 193 g/mol. The van der Waals surface area contributed by atoms with Crippen LogP contribution in [0.5, 0.6) is 0 Å². The van der Waals surface area contributed by atoms with Crippen molar-refractivity contribution in [3.05, 3.63) is 18.0 Å². The van der Waals surface area contributed by atoms with Gasteiger partial charge in [0.15, 0.2) is 0 Å². The van der Waals surface area contributed by atoms with Crippen molar-refractivity contribution >= 4 is 6.21 Å². The fourth-order valence-electron chi connectivity index (χ4n) is 0.783. The molecule has 13 heavy (non-hydrogen) atoms. The van der Waals surface area contributed by atoms with E-state index in [0.29, 0.717) is 5.56 Å². The Morgan fingerprint density at radius 2 is 2.31 bits per heavy atom. The van der Waals surface area contributed by atoms with Gasteiger partial charge in [0, 0.05) is 11.8 Å². The van der Waals surface area contributed by atoms with Crippen LogP contribution in [-0.2, 0) is 6.54 Å². The summed E-state index contributed by atoms with van der Waals surface area (Å²) in [4.78, 5) is 0. The predicted octanol–water partition coefficient (Wildman–Crippen LogP) is 1.25. The molecule has 0 aromatic carbocycles. The maximum absolute atomic E-state index is 11.8. The zero-order valence-electron chi connectivity index (χ0n) is 6.36. The van der Waals surface area contributed by atoms with Gasteiger partial charge in [0.05, 0.1) is 12.4 Å². The van der Waals surface area contributed by atoms with Crippen LogP contribution in [0, 0.1) is 0 Å². The number of hydrogen-bond donors (Lipinski definition) is 1. The van der Waals surface area contributed by atoms with E-state index in [1.165, 1.54) is 6.20 Å². The summed E-state index contributed by atoms with van der Waals surface area (Å²) in [6.45, 7) is -1.15. The Morgan fingerprint density at radius 3 is 2.85 bits per heavy atom. The molecule has 0 aliphatic rings. The molecule has 72 valence electrons. The number of hydrogen-bond acceptors (Lipinski definition) is 3. The van der Waals surface area contributed by atoms with Crippen molar-refractivity contribution in [2.24, 2.45) is 5.16 Å².